The minimum Gasteiger partial charge on any atom is -0.395 e. The van der Waals surface area contributed by atoms with E-state index in [0.29, 0.717) is 6.42 Å². The van der Waals surface area contributed by atoms with Gasteiger partial charge in [-0.3, -0.25) is 4.68 Å². The number of rotatable bonds is 5. The van der Waals surface area contributed by atoms with Crippen molar-refractivity contribution < 1.29 is 10.2 Å². The molecule has 2 rings (SSSR count). The number of aliphatic hydroxyl groups excluding tert-OH is 2. The van der Waals surface area contributed by atoms with Gasteiger partial charge < -0.3 is 10.2 Å². The van der Waals surface area contributed by atoms with Crippen LogP contribution in [-0.4, -0.2) is 33.2 Å². The van der Waals surface area contributed by atoms with Crippen molar-refractivity contribution in [2.45, 2.75) is 18.8 Å². The quantitative estimate of drug-likeness (QED) is 0.849. The predicted octanol–water partition coefficient (Wildman–Crippen LogP) is 1.19. The highest BCUT2D eigenvalue weighted by Gasteiger charge is 2.32. The molecule has 102 valence electrons. The molecule has 0 aliphatic heterocycles. The molecule has 0 fully saturated rings. The average Bonchev–Trinajstić information content (AvgIpc) is 2.82. The first-order chi connectivity index (χ1) is 9.09. The lowest BCUT2D eigenvalue weighted by molar-refractivity contribution is 0.115. The first-order valence-electron chi connectivity index (χ1n) is 6.37. The predicted molar refractivity (Wildman–Crippen MR) is 73.9 cm³/mol. The SMILES string of the molecule is Cc1ccc(C(CO)(CO)Cc2ccn(C)n2)cc1. The molecule has 19 heavy (non-hydrogen) atoms. The van der Waals surface area contributed by atoms with E-state index in [1.54, 1.807) is 4.68 Å². The van der Waals surface area contributed by atoms with Crippen LogP contribution in [0.3, 0.4) is 0 Å². The molecule has 2 aromatic rings. The molecular formula is C15H20N2O2. The van der Waals surface area contributed by atoms with Gasteiger partial charge in [0.05, 0.1) is 18.9 Å². The molecule has 4 heteroatoms. The molecule has 0 aliphatic carbocycles. The molecule has 0 atom stereocenters. The molecule has 1 aromatic heterocycles. The van der Waals surface area contributed by atoms with E-state index in [2.05, 4.69) is 5.10 Å². The van der Waals surface area contributed by atoms with Gasteiger partial charge in [0.25, 0.3) is 0 Å². The van der Waals surface area contributed by atoms with Crippen LogP contribution in [-0.2, 0) is 18.9 Å². The molecule has 2 N–H and O–H groups in total. The Kier molecular flexibility index (Phi) is 4.02. The minimum atomic E-state index is -0.679. The van der Waals surface area contributed by atoms with Crippen molar-refractivity contribution >= 4 is 0 Å². The topological polar surface area (TPSA) is 58.3 Å². The van der Waals surface area contributed by atoms with Crippen LogP contribution in [0.25, 0.3) is 0 Å². The van der Waals surface area contributed by atoms with Gasteiger partial charge in [-0.25, -0.2) is 0 Å². The number of aliphatic hydroxyl groups is 2. The average molecular weight is 260 g/mol. The molecule has 0 spiro atoms. The Morgan fingerprint density at radius 1 is 1.11 bits per heavy atom. The maximum Gasteiger partial charge on any atom is 0.0635 e. The van der Waals surface area contributed by atoms with Crippen molar-refractivity contribution in [1.29, 1.82) is 0 Å². The van der Waals surface area contributed by atoms with E-state index in [0.717, 1.165) is 16.8 Å². The number of nitrogens with zero attached hydrogens (tertiary/aromatic N) is 2. The van der Waals surface area contributed by atoms with Gasteiger partial charge in [-0.2, -0.15) is 5.10 Å². The number of benzene rings is 1. The number of hydrogen-bond donors (Lipinski definition) is 2. The summed E-state index contributed by atoms with van der Waals surface area (Å²) in [7, 11) is 1.86. The molecule has 1 aromatic carbocycles. The van der Waals surface area contributed by atoms with Crippen LogP contribution in [0.4, 0.5) is 0 Å². The fraction of sp³-hybridized carbons (Fsp3) is 0.400. The summed E-state index contributed by atoms with van der Waals surface area (Å²) in [4.78, 5) is 0. The van der Waals surface area contributed by atoms with Crippen LogP contribution in [0.5, 0.6) is 0 Å². The first-order valence-corrected chi connectivity index (χ1v) is 6.37. The van der Waals surface area contributed by atoms with Crippen LogP contribution in [0.2, 0.25) is 0 Å². The lowest BCUT2D eigenvalue weighted by Crippen LogP contribution is -2.37. The largest absolute Gasteiger partial charge is 0.395 e. The zero-order valence-corrected chi connectivity index (χ0v) is 11.4. The van der Waals surface area contributed by atoms with E-state index in [9.17, 15) is 10.2 Å². The molecule has 0 unspecified atom stereocenters. The summed E-state index contributed by atoms with van der Waals surface area (Å²) in [6.45, 7) is 1.80. The van der Waals surface area contributed by atoms with Gasteiger partial charge in [-0.05, 0) is 18.6 Å². The van der Waals surface area contributed by atoms with Gasteiger partial charge >= 0.3 is 0 Å². The molecule has 0 amide bonds. The summed E-state index contributed by atoms with van der Waals surface area (Å²) in [6.07, 6.45) is 2.38. The summed E-state index contributed by atoms with van der Waals surface area (Å²) < 4.78 is 1.73. The highest BCUT2D eigenvalue weighted by molar-refractivity contribution is 5.31. The second kappa shape index (κ2) is 5.55. The summed E-state index contributed by atoms with van der Waals surface area (Å²) in [5, 5.41) is 23.9. The summed E-state index contributed by atoms with van der Waals surface area (Å²) in [5.74, 6) is 0. The third-order valence-corrected chi connectivity index (χ3v) is 3.56. The van der Waals surface area contributed by atoms with Crippen molar-refractivity contribution in [3.8, 4) is 0 Å². The molecule has 0 saturated heterocycles. The van der Waals surface area contributed by atoms with E-state index in [4.69, 9.17) is 0 Å². The fourth-order valence-corrected chi connectivity index (χ4v) is 2.26. The van der Waals surface area contributed by atoms with Crippen LogP contribution in [0.15, 0.2) is 36.5 Å². The molecule has 4 nitrogen and oxygen atoms in total. The number of aromatic nitrogens is 2. The van der Waals surface area contributed by atoms with E-state index in [1.807, 2.05) is 50.5 Å². The minimum absolute atomic E-state index is 0.108. The monoisotopic (exact) mass is 260 g/mol. The first kappa shape index (κ1) is 13.8. The van der Waals surface area contributed by atoms with Gasteiger partial charge in [0.1, 0.15) is 0 Å². The number of hydrogen-bond acceptors (Lipinski definition) is 3. The third-order valence-electron chi connectivity index (χ3n) is 3.56. The molecule has 0 aliphatic rings. The Morgan fingerprint density at radius 2 is 1.74 bits per heavy atom. The lowest BCUT2D eigenvalue weighted by Gasteiger charge is -2.29. The van der Waals surface area contributed by atoms with Crippen LogP contribution in [0.1, 0.15) is 16.8 Å². The smallest absolute Gasteiger partial charge is 0.0635 e. The molecular weight excluding hydrogens is 240 g/mol. The molecule has 0 radical (unpaired) electrons. The van der Waals surface area contributed by atoms with Gasteiger partial charge in [-0.1, -0.05) is 29.8 Å². The summed E-state index contributed by atoms with van der Waals surface area (Å²) >= 11 is 0. The second-order valence-electron chi connectivity index (χ2n) is 5.12. The van der Waals surface area contributed by atoms with Crippen molar-refractivity contribution in [3.63, 3.8) is 0 Å². The number of aryl methyl sites for hydroxylation is 2. The van der Waals surface area contributed by atoms with Crippen molar-refractivity contribution in [2.75, 3.05) is 13.2 Å². The van der Waals surface area contributed by atoms with Crippen LogP contribution >= 0.6 is 0 Å². The Labute approximate surface area is 113 Å². The molecule has 0 bridgehead atoms. The Morgan fingerprint density at radius 3 is 2.21 bits per heavy atom. The Balaban J connectivity index is 2.33. The van der Waals surface area contributed by atoms with Crippen molar-refractivity contribution in [3.05, 3.63) is 53.3 Å². The van der Waals surface area contributed by atoms with E-state index in [-0.39, 0.29) is 13.2 Å². The summed E-state index contributed by atoms with van der Waals surface area (Å²) in [5.41, 5.74) is 2.29. The van der Waals surface area contributed by atoms with Crippen LogP contribution in [0, 0.1) is 6.92 Å². The highest BCUT2D eigenvalue weighted by Crippen LogP contribution is 2.27. The second-order valence-corrected chi connectivity index (χ2v) is 5.12. The van der Waals surface area contributed by atoms with E-state index < -0.39 is 5.41 Å². The normalized spacial score (nSPS) is 11.8. The highest BCUT2D eigenvalue weighted by atomic mass is 16.3. The fourth-order valence-electron chi connectivity index (χ4n) is 2.26. The Hall–Kier alpha value is -1.65. The zero-order chi connectivity index (χ0) is 13.9. The molecule has 0 saturated carbocycles. The van der Waals surface area contributed by atoms with E-state index >= 15 is 0 Å². The van der Waals surface area contributed by atoms with Gasteiger partial charge in [-0.15, -0.1) is 0 Å². The zero-order valence-electron chi connectivity index (χ0n) is 11.4. The Bertz CT molecular complexity index is 527. The van der Waals surface area contributed by atoms with Gasteiger partial charge in [0.2, 0.25) is 0 Å². The van der Waals surface area contributed by atoms with Gasteiger partial charge in [0, 0.05) is 25.1 Å². The maximum atomic E-state index is 9.77. The standard InChI is InChI=1S/C15H20N2O2/c1-12-3-5-13(6-4-12)15(10-18,11-19)9-14-7-8-17(2)16-14/h3-8,18-19H,9-11H2,1-2H3. The third kappa shape index (κ3) is 2.85. The molecule has 1 heterocycles. The van der Waals surface area contributed by atoms with Gasteiger partial charge in [0.15, 0.2) is 0 Å². The van der Waals surface area contributed by atoms with Crippen molar-refractivity contribution in [2.24, 2.45) is 7.05 Å². The maximum absolute atomic E-state index is 9.77. The summed E-state index contributed by atoms with van der Waals surface area (Å²) in [6, 6.07) is 9.82. The van der Waals surface area contributed by atoms with E-state index in [1.165, 1.54) is 0 Å². The lowest BCUT2D eigenvalue weighted by atomic mass is 9.78. The van der Waals surface area contributed by atoms with Crippen molar-refractivity contribution in [1.82, 2.24) is 9.78 Å². The van der Waals surface area contributed by atoms with Crippen LogP contribution < -0.4 is 0 Å².